The van der Waals surface area contributed by atoms with Crippen molar-refractivity contribution in [3.05, 3.63) is 72.2 Å². The van der Waals surface area contributed by atoms with Crippen molar-refractivity contribution in [3.63, 3.8) is 0 Å². The highest BCUT2D eigenvalue weighted by Gasteiger charge is 2.22. The Bertz CT molecular complexity index is 1090. The monoisotopic (exact) mass is 433 g/mol. The van der Waals surface area contributed by atoms with Gasteiger partial charge in [0.2, 0.25) is 0 Å². The van der Waals surface area contributed by atoms with Crippen LogP contribution in [0.2, 0.25) is 0 Å². The van der Waals surface area contributed by atoms with E-state index in [1.54, 1.807) is 49.4 Å². The summed E-state index contributed by atoms with van der Waals surface area (Å²) >= 11 is 1.51. The normalized spacial score (nSPS) is 11.8. The van der Waals surface area contributed by atoms with E-state index in [1.165, 1.54) is 24.2 Å². The summed E-state index contributed by atoms with van der Waals surface area (Å²) in [6, 6.07) is 14.5. The van der Waals surface area contributed by atoms with E-state index in [-0.39, 0.29) is 10.5 Å². The van der Waals surface area contributed by atoms with Gasteiger partial charge in [0, 0.05) is 29.7 Å². The molecule has 0 saturated heterocycles. The summed E-state index contributed by atoms with van der Waals surface area (Å²) in [5, 5.41) is 0. The van der Waals surface area contributed by atoms with Gasteiger partial charge in [0.05, 0.1) is 10.6 Å². The van der Waals surface area contributed by atoms with E-state index < -0.39 is 15.8 Å². The number of halogens is 1. The first-order valence-corrected chi connectivity index (χ1v) is 11.5. The number of benzene rings is 2. The molecule has 0 radical (unpaired) electrons. The standard InChI is InChI=1S/C21H24FN3O2S2/c1-16-13-21(19-9-4-5-10-20(19)22)25(15-16)29(26,27)18-8-6-7-17(14-18)23-28-12-11-24(2)3/h4-10,13-15,23H,11-12H2,1-3H3. The van der Waals surface area contributed by atoms with Crippen molar-refractivity contribution in [1.29, 1.82) is 0 Å². The van der Waals surface area contributed by atoms with E-state index in [1.807, 2.05) is 20.2 Å². The van der Waals surface area contributed by atoms with E-state index in [2.05, 4.69) is 9.62 Å². The molecule has 2 aromatic carbocycles. The zero-order valence-electron chi connectivity index (χ0n) is 16.6. The van der Waals surface area contributed by atoms with Crippen LogP contribution < -0.4 is 4.72 Å². The molecule has 29 heavy (non-hydrogen) atoms. The lowest BCUT2D eigenvalue weighted by atomic mass is 10.1. The predicted octanol–water partition coefficient (Wildman–Crippen LogP) is 4.46. The van der Waals surface area contributed by atoms with Gasteiger partial charge >= 0.3 is 0 Å². The van der Waals surface area contributed by atoms with Gasteiger partial charge in [-0.15, -0.1) is 0 Å². The van der Waals surface area contributed by atoms with Crippen LogP contribution >= 0.6 is 11.9 Å². The van der Waals surface area contributed by atoms with Gasteiger partial charge in [-0.25, -0.2) is 16.8 Å². The molecular formula is C21H24FN3O2S2. The van der Waals surface area contributed by atoms with Crippen molar-refractivity contribution < 1.29 is 12.8 Å². The Morgan fingerprint density at radius 3 is 2.59 bits per heavy atom. The van der Waals surface area contributed by atoms with Gasteiger partial charge in [-0.05, 0) is 63.0 Å². The molecule has 0 saturated carbocycles. The van der Waals surface area contributed by atoms with Crippen LogP contribution in [0.4, 0.5) is 10.1 Å². The summed E-state index contributed by atoms with van der Waals surface area (Å²) in [5.41, 5.74) is 1.99. The lowest BCUT2D eigenvalue weighted by Gasteiger charge is -2.13. The fraction of sp³-hybridized carbons (Fsp3) is 0.238. The highest BCUT2D eigenvalue weighted by atomic mass is 32.2. The van der Waals surface area contributed by atoms with Gasteiger partial charge in [-0.1, -0.05) is 30.1 Å². The summed E-state index contributed by atoms with van der Waals surface area (Å²) < 4.78 is 45.3. The van der Waals surface area contributed by atoms with Crippen molar-refractivity contribution in [2.24, 2.45) is 0 Å². The first-order chi connectivity index (χ1) is 13.8. The van der Waals surface area contributed by atoms with Crippen LogP contribution in [0.5, 0.6) is 0 Å². The average Bonchev–Trinajstić information content (AvgIpc) is 3.08. The molecule has 1 N–H and O–H groups in total. The number of rotatable bonds is 8. The van der Waals surface area contributed by atoms with Gasteiger partial charge < -0.3 is 9.62 Å². The molecular weight excluding hydrogens is 409 g/mol. The molecule has 5 nitrogen and oxygen atoms in total. The molecule has 0 aliphatic heterocycles. The van der Waals surface area contributed by atoms with Crippen molar-refractivity contribution in [3.8, 4) is 11.3 Å². The Kier molecular flexibility index (Phi) is 6.66. The maximum absolute atomic E-state index is 14.3. The van der Waals surface area contributed by atoms with E-state index >= 15 is 0 Å². The smallest absolute Gasteiger partial charge is 0.268 e. The van der Waals surface area contributed by atoms with Crippen LogP contribution in [-0.2, 0) is 10.0 Å². The molecule has 1 aromatic heterocycles. The van der Waals surface area contributed by atoms with E-state index in [9.17, 15) is 12.8 Å². The minimum atomic E-state index is -3.89. The third kappa shape index (κ3) is 5.01. The van der Waals surface area contributed by atoms with Crippen LogP contribution in [0.25, 0.3) is 11.3 Å². The number of aromatic nitrogens is 1. The summed E-state index contributed by atoms with van der Waals surface area (Å²) in [6.07, 6.45) is 1.52. The number of nitrogens with zero attached hydrogens (tertiary/aromatic N) is 2. The lowest BCUT2D eigenvalue weighted by molar-refractivity contribution is 0.437. The van der Waals surface area contributed by atoms with E-state index in [0.29, 0.717) is 11.4 Å². The molecule has 0 unspecified atom stereocenters. The SMILES string of the molecule is Cc1cc(-c2ccccc2F)n(S(=O)(=O)c2cccc(NSCCN(C)C)c2)c1. The Morgan fingerprint density at radius 2 is 1.86 bits per heavy atom. The minimum Gasteiger partial charge on any atom is -0.330 e. The van der Waals surface area contributed by atoms with Crippen LogP contribution in [0.15, 0.2) is 65.7 Å². The number of anilines is 1. The highest BCUT2D eigenvalue weighted by molar-refractivity contribution is 8.00. The maximum Gasteiger partial charge on any atom is 0.268 e. The van der Waals surface area contributed by atoms with Crippen molar-refractivity contribution >= 4 is 27.7 Å². The summed E-state index contributed by atoms with van der Waals surface area (Å²) in [4.78, 5) is 2.22. The fourth-order valence-corrected chi connectivity index (χ4v) is 5.15. The number of nitrogens with one attached hydrogen (secondary N) is 1. The van der Waals surface area contributed by atoms with Crippen molar-refractivity contribution in [2.45, 2.75) is 11.8 Å². The Labute approximate surface area is 175 Å². The quantitative estimate of drug-likeness (QED) is 0.420. The zero-order chi connectivity index (χ0) is 21.0. The molecule has 0 spiro atoms. The molecule has 0 bridgehead atoms. The van der Waals surface area contributed by atoms with Gasteiger partial charge in [0.1, 0.15) is 5.82 Å². The van der Waals surface area contributed by atoms with Crippen LogP contribution in [0, 0.1) is 12.7 Å². The third-order valence-corrected chi connectivity index (χ3v) is 6.73. The van der Waals surface area contributed by atoms with Crippen LogP contribution in [0.3, 0.4) is 0 Å². The zero-order valence-corrected chi connectivity index (χ0v) is 18.2. The van der Waals surface area contributed by atoms with Crippen LogP contribution in [-0.4, -0.2) is 43.7 Å². The first kappa shape index (κ1) is 21.4. The van der Waals surface area contributed by atoms with Gasteiger partial charge in [-0.2, -0.15) is 0 Å². The molecule has 8 heteroatoms. The minimum absolute atomic E-state index is 0.142. The number of hydrogen-bond acceptors (Lipinski definition) is 5. The van der Waals surface area contributed by atoms with E-state index in [4.69, 9.17) is 0 Å². The van der Waals surface area contributed by atoms with Gasteiger partial charge in [0.25, 0.3) is 10.0 Å². The Balaban J connectivity index is 1.93. The van der Waals surface area contributed by atoms with E-state index in [0.717, 1.165) is 21.8 Å². The maximum atomic E-state index is 14.3. The molecule has 0 amide bonds. The Morgan fingerprint density at radius 1 is 1.10 bits per heavy atom. The second kappa shape index (κ2) is 9.02. The topological polar surface area (TPSA) is 54.3 Å². The number of hydrogen-bond donors (Lipinski definition) is 1. The van der Waals surface area contributed by atoms with Gasteiger partial charge in [-0.3, -0.25) is 0 Å². The highest BCUT2D eigenvalue weighted by Crippen LogP contribution is 2.29. The molecule has 0 aliphatic rings. The lowest BCUT2D eigenvalue weighted by Crippen LogP contribution is -2.15. The number of aryl methyl sites for hydroxylation is 1. The summed E-state index contributed by atoms with van der Waals surface area (Å²) in [5.74, 6) is 0.396. The van der Waals surface area contributed by atoms with Crippen LogP contribution in [0.1, 0.15) is 5.56 Å². The largest absolute Gasteiger partial charge is 0.330 e. The molecule has 0 aliphatic carbocycles. The fourth-order valence-electron chi connectivity index (χ4n) is 2.83. The van der Waals surface area contributed by atoms with Crippen molar-refractivity contribution in [1.82, 2.24) is 8.87 Å². The van der Waals surface area contributed by atoms with Crippen molar-refractivity contribution in [2.75, 3.05) is 31.1 Å². The predicted molar refractivity (Wildman–Crippen MR) is 118 cm³/mol. The van der Waals surface area contributed by atoms with Gasteiger partial charge in [0.15, 0.2) is 0 Å². The summed E-state index contributed by atoms with van der Waals surface area (Å²) in [6.45, 7) is 2.69. The molecule has 1 heterocycles. The Hall–Kier alpha value is -2.29. The average molecular weight is 434 g/mol. The molecule has 154 valence electrons. The molecule has 0 atom stereocenters. The first-order valence-electron chi connectivity index (χ1n) is 9.11. The molecule has 3 aromatic rings. The molecule has 0 fully saturated rings. The second-order valence-electron chi connectivity index (χ2n) is 6.97. The second-order valence-corrected chi connectivity index (χ2v) is 9.68. The third-order valence-electron chi connectivity index (χ3n) is 4.29. The molecule has 3 rings (SSSR count). The summed E-state index contributed by atoms with van der Waals surface area (Å²) in [7, 11) is 0.112.